The highest BCUT2D eigenvalue weighted by Gasteiger charge is 2.43. The van der Waals surface area contributed by atoms with E-state index >= 15 is 0 Å². The van der Waals surface area contributed by atoms with Crippen molar-refractivity contribution in [3.63, 3.8) is 0 Å². The van der Waals surface area contributed by atoms with E-state index in [1.165, 1.54) is 0 Å². The molecule has 8 nitrogen and oxygen atoms in total. The van der Waals surface area contributed by atoms with E-state index in [9.17, 15) is 19.8 Å². The fraction of sp³-hybridized carbons (Fsp3) is 0.556. The number of hydrogen-bond acceptors (Lipinski definition) is 6. The van der Waals surface area contributed by atoms with Gasteiger partial charge in [0.1, 0.15) is 18.3 Å². The van der Waals surface area contributed by atoms with Crippen LogP contribution in [0.15, 0.2) is 21.9 Å². The molecule has 1 saturated heterocycles. The van der Waals surface area contributed by atoms with Gasteiger partial charge < -0.3 is 20.1 Å². The number of nitrogens with one attached hydrogen (secondary N) is 1. The second-order valence-electron chi connectivity index (χ2n) is 3.75. The minimum atomic E-state index is -1.35. The van der Waals surface area contributed by atoms with E-state index in [1.807, 2.05) is 4.98 Å². The number of H-pyrrole nitrogens is 1. The van der Waals surface area contributed by atoms with Crippen LogP contribution in [0.3, 0.4) is 0 Å². The Morgan fingerprint density at radius 1 is 1.33 bits per heavy atom. The van der Waals surface area contributed by atoms with Crippen LogP contribution in [0, 0.1) is 0 Å². The molecule has 0 aliphatic carbocycles. The molecule has 1 fully saturated rings. The quantitative estimate of drug-likeness (QED) is 0.477. The predicted molar refractivity (Wildman–Crippen MR) is 61.6 cm³/mol. The van der Waals surface area contributed by atoms with Crippen LogP contribution in [0.5, 0.6) is 0 Å². The monoisotopic (exact) mass is 280 g/mol. The maximum atomic E-state index is 11.4. The molecule has 0 aromatic carbocycles. The van der Waals surface area contributed by atoms with Gasteiger partial charge in [0, 0.05) is 12.3 Å². The molecule has 9 heteroatoms. The lowest BCUT2D eigenvalue weighted by molar-refractivity contribution is -0.0550. The van der Waals surface area contributed by atoms with Crippen LogP contribution < -0.4 is 11.2 Å². The molecule has 4 atom stereocenters. The minimum Gasteiger partial charge on any atom is -0.394 e. The van der Waals surface area contributed by atoms with E-state index in [0.717, 1.165) is 16.8 Å². The average Bonchev–Trinajstić information content (AvgIpc) is 2.57. The molecule has 4 N–H and O–H groups in total. The van der Waals surface area contributed by atoms with E-state index in [4.69, 9.17) is 9.84 Å². The highest BCUT2D eigenvalue weighted by Crippen LogP contribution is 2.27. The molecule has 1 aromatic rings. The summed E-state index contributed by atoms with van der Waals surface area (Å²) in [7, 11) is 0. The van der Waals surface area contributed by atoms with Crippen molar-refractivity contribution in [1.29, 1.82) is 0 Å². The van der Waals surface area contributed by atoms with Crippen molar-refractivity contribution in [2.45, 2.75) is 24.5 Å². The lowest BCUT2D eigenvalue weighted by Gasteiger charge is -2.16. The van der Waals surface area contributed by atoms with Gasteiger partial charge in [-0.05, 0) is 0 Å². The molecule has 2 heterocycles. The Balaban J connectivity index is 0.00000162. The van der Waals surface area contributed by atoms with Crippen molar-refractivity contribution < 1.29 is 20.1 Å². The standard InChI is InChI=1S/C9H12N2O6.ClH/c12-3-4-6(14)7(15)8(17-4)11-2-1-5(13)10-9(11)16;/h1-2,4,6-8,12,14-15H,3H2,(H,10,13,16);1H/t4-,6+,7-,8-;/m0./s1. The summed E-state index contributed by atoms with van der Waals surface area (Å²) >= 11 is 0. The van der Waals surface area contributed by atoms with Crippen LogP contribution in [0.2, 0.25) is 0 Å². The molecular weight excluding hydrogens is 268 g/mol. The molecule has 1 aliphatic rings. The van der Waals surface area contributed by atoms with Gasteiger partial charge in [-0.15, -0.1) is 12.4 Å². The number of hydrogen-bond donors (Lipinski definition) is 4. The first-order chi connectivity index (χ1) is 8.04. The zero-order valence-electron chi connectivity index (χ0n) is 9.09. The van der Waals surface area contributed by atoms with E-state index in [0.29, 0.717) is 0 Å². The third-order valence-electron chi connectivity index (χ3n) is 2.64. The van der Waals surface area contributed by atoms with Crippen LogP contribution in [-0.2, 0) is 4.74 Å². The molecule has 0 bridgehead atoms. The molecule has 0 unspecified atom stereocenters. The maximum absolute atomic E-state index is 11.4. The fourth-order valence-electron chi connectivity index (χ4n) is 1.74. The first-order valence-corrected chi connectivity index (χ1v) is 4.98. The highest BCUT2D eigenvalue weighted by atomic mass is 35.5. The largest absolute Gasteiger partial charge is 0.394 e. The normalized spacial score (nSPS) is 31.1. The van der Waals surface area contributed by atoms with Crippen molar-refractivity contribution in [2.24, 2.45) is 0 Å². The minimum absolute atomic E-state index is 0. The number of rotatable bonds is 2. The Kier molecular flexibility index (Phi) is 4.65. The highest BCUT2D eigenvalue weighted by molar-refractivity contribution is 5.85. The third-order valence-corrected chi connectivity index (χ3v) is 2.64. The van der Waals surface area contributed by atoms with Gasteiger partial charge in [0.25, 0.3) is 5.56 Å². The van der Waals surface area contributed by atoms with Crippen molar-refractivity contribution in [3.05, 3.63) is 33.1 Å². The van der Waals surface area contributed by atoms with Gasteiger partial charge in [-0.1, -0.05) is 0 Å². The summed E-state index contributed by atoms with van der Waals surface area (Å²) in [5, 5.41) is 28.1. The van der Waals surface area contributed by atoms with E-state index < -0.39 is 42.4 Å². The number of aromatic nitrogens is 2. The SMILES string of the molecule is Cl.O=c1ccn([C@H]2O[C@@H](CO)[C@@H](O)[C@@H]2O)c(=O)[nH]1. The molecule has 0 radical (unpaired) electrons. The lowest BCUT2D eigenvalue weighted by atomic mass is 10.1. The fourth-order valence-corrected chi connectivity index (χ4v) is 1.74. The van der Waals surface area contributed by atoms with Crippen LogP contribution in [0.4, 0.5) is 0 Å². The van der Waals surface area contributed by atoms with E-state index in [2.05, 4.69) is 0 Å². The van der Waals surface area contributed by atoms with Gasteiger partial charge in [-0.3, -0.25) is 14.3 Å². The molecule has 102 valence electrons. The van der Waals surface area contributed by atoms with Crippen LogP contribution in [0.25, 0.3) is 0 Å². The lowest BCUT2D eigenvalue weighted by Crippen LogP contribution is -2.37. The molecule has 18 heavy (non-hydrogen) atoms. The second-order valence-corrected chi connectivity index (χ2v) is 3.75. The Morgan fingerprint density at radius 2 is 2.00 bits per heavy atom. The summed E-state index contributed by atoms with van der Waals surface area (Å²) in [4.78, 5) is 24.3. The van der Waals surface area contributed by atoms with E-state index in [-0.39, 0.29) is 12.4 Å². The van der Waals surface area contributed by atoms with Crippen molar-refractivity contribution in [3.8, 4) is 0 Å². The molecule has 2 rings (SSSR count). The first-order valence-electron chi connectivity index (χ1n) is 4.98. The average molecular weight is 281 g/mol. The van der Waals surface area contributed by atoms with Gasteiger partial charge in [-0.2, -0.15) is 0 Å². The summed E-state index contributed by atoms with van der Waals surface area (Å²) in [5.41, 5.74) is -1.33. The number of halogens is 1. The summed E-state index contributed by atoms with van der Waals surface area (Å²) < 4.78 is 6.08. The molecular formula is C9H13ClN2O6. The van der Waals surface area contributed by atoms with Gasteiger partial charge in [-0.25, -0.2) is 4.79 Å². The van der Waals surface area contributed by atoms with Crippen molar-refractivity contribution in [1.82, 2.24) is 9.55 Å². The van der Waals surface area contributed by atoms with Crippen molar-refractivity contribution in [2.75, 3.05) is 6.61 Å². The van der Waals surface area contributed by atoms with Gasteiger partial charge in [0.2, 0.25) is 0 Å². The zero-order chi connectivity index (χ0) is 12.6. The first kappa shape index (κ1) is 14.9. The summed E-state index contributed by atoms with van der Waals surface area (Å²) in [6.07, 6.45) is -3.58. The van der Waals surface area contributed by atoms with Crippen molar-refractivity contribution >= 4 is 12.4 Å². The number of aromatic amines is 1. The van der Waals surface area contributed by atoms with Crippen LogP contribution in [-0.4, -0.2) is 49.8 Å². The smallest absolute Gasteiger partial charge is 0.330 e. The molecule has 0 spiro atoms. The van der Waals surface area contributed by atoms with Crippen LogP contribution in [0.1, 0.15) is 6.23 Å². The predicted octanol–water partition coefficient (Wildman–Crippen LogP) is -2.43. The molecule has 0 amide bonds. The Hall–Kier alpha value is -1.19. The molecule has 0 saturated carbocycles. The number of ether oxygens (including phenoxy) is 1. The van der Waals surface area contributed by atoms with Gasteiger partial charge >= 0.3 is 5.69 Å². The Bertz CT molecular complexity index is 514. The third kappa shape index (κ3) is 2.47. The summed E-state index contributed by atoms with van der Waals surface area (Å²) in [6, 6.07) is 1.09. The molecule has 1 aromatic heterocycles. The summed E-state index contributed by atoms with van der Waals surface area (Å²) in [5.74, 6) is 0. The van der Waals surface area contributed by atoms with Crippen LogP contribution >= 0.6 is 12.4 Å². The summed E-state index contributed by atoms with van der Waals surface area (Å²) in [6.45, 7) is -0.479. The topological polar surface area (TPSA) is 125 Å². The van der Waals surface area contributed by atoms with Gasteiger partial charge in [0.05, 0.1) is 6.61 Å². The Labute approximate surface area is 107 Å². The zero-order valence-corrected chi connectivity index (χ0v) is 9.91. The number of nitrogens with zero attached hydrogens (tertiary/aromatic N) is 1. The number of aliphatic hydroxyl groups is 3. The maximum Gasteiger partial charge on any atom is 0.330 e. The second kappa shape index (κ2) is 5.63. The number of aliphatic hydroxyl groups excluding tert-OH is 3. The Morgan fingerprint density at radius 3 is 2.50 bits per heavy atom. The van der Waals surface area contributed by atoms with E-state index in [1.54, 1.807) is 0 Å². The van der Waals surface area contributed by atoms with Gasteiger partial charge in [0.15, 0.2) is 6.23 Å². The molecule has 1 aliphatic heterocycles.